The Labute approximate surface area is 119 Å². The molecular weight excluding hydrogens is 252 g/mol. The largest absolute Gasteiger partial charge is 0.377 e. The van der Waals surface area contributed by atoms with E-state index in [0.717, 1.165) is 18.1 Å². The van der Waals surface area contributed by atoms with Crippen molar-refractivity contribution in [1.82, 2.24) is 20.1 Å². The topological polar surface area (TPSA) is 52.0 Å². The number of rotatable bonds is 4. The molecule has 1 aliphatic heterocycles. The summed E-state index contributed by atoms with van der Waals surface area (Å²) >= 11 is 0. The monoisotopic (exact) mass is 272 g/mol. The van der Waals surface area contributed by atoms with Gasteiger partial charge in [0.1, 0.15) is 6.33 Å². The average molecular weight is 272 g/mol. The molecule has 3 atom stereocenters. The number of benzene rings is 1. The van der Waals surface area contributed by atoms with Crippen molar-refractivity contribution in [3.05, 3.63) is 42.5 Å². The summed E-state index contributed by atoms with van der Waals surface area (Å²) in [4.78, 5) is 0. The molecule has 3 rings (SSSR count). The van der Waals surface area contributed by atoms with E-state index in [2.05, 4.69) is 41.5 Å². The van der Waals surface area contributed by atoms with Crippen LogP contribution in [0.5, 0.6) is 0 Å². The second-order valence-corrected chi connectivity index (χ2v) is 5.34. The van der Waals surface area contributed by atoms with Gasteiger partial charge in [-0.05, 0) is 25.0 Å². The number of para-hydroxylation sites is 1. The van der Waals surface area contributed by atoms with Crippen LogP contribution in [0.15, 0.2) is 36.7 Å². The number of hydrogen-bond donors (Lipinski definition) is 1. The van der Waals surface area contributed by atoms with Crippen LogP contribution in [0.4, 0.5) is 0 Å². The van der Waals surface area contributed by atoms with Gasteiger partial charge in [-0.25, -0.2) is 0 Å². The van der Waals surface area contributed by atoms with Gasteiger partial charge in [-0.1, -0.05) is 25.1 Å². The first kappa shape index (κ1) is 13.3. The predicted molar refractivity (Wildman–Crippen MR) is 76.6 cm³/mol. The lowest BCUT2D eigenvalue weighted by atomic mass is 10.0. The second kappa shape index (κ2) is 5.73. The fourth-order valence-corrected chi connectivity index (χ4v) is 2.54. The van der Waals surface area contributed by atoms with E-state index < -0.39 is 0 Å². The Bertz CT molecular complexity index is 554. The van der Waals surface area contributed by atoms with Crippen LogP contribution < -0.4 is 5.32 Å². The molecule has 5 nitrogen and oxygen atoms in total. The van der Waals surface area contributed by atoms with Gasteiger partial charge in [0.15, 0.2) is 5.82 Å². The minimum Gasteiger partial charge on any atom is -0.377 e. The molecule has 3 unspecified atom stereocenters. The van der Waals surface area contributed by atoms with Crippen LogP contribution in [0.1, 0.15) is 19.7 Å². The van der Waals surface area contributed by atoms with Crippen LogP contribution in [0.2, 0.25) is 0 Å². The first-order valence-corrected chi connectivity index (χ1v) is 7.05. The summed E-state index contributed by atoms with van der Waals surface area (Å²) in [6, 6.07) is 10.5. The molecule has 2 aromatic rings. The second-order valence-electron chi connectivity index (χ2n) is 5.34. The van der Waals surface area contributed by atoms with E-state index >= 15 is 0 Å². The molecule has 0 radical (unpaired) electrons. The summed E-state index contributed by atoms with van der Waals surface area (Å²) in [6.45, 7) is 5.80. The molecule has 0 aliphatic carbocycles. The van der Waals surface area contributed by atoms with Crippen molar-refractivity contribution in [2.45, 2.75) is 32.5 Å². The third-order valence-electron chi connectivity index (χ3n) is 4.09. The van der Waals surface area contributed by atoms with Gasteiger partial charge >= 0.3 is 0 Å². The third-order valence-corrected chi connectivity index (χ3v) is 4.09. The molecule has 1 aromatic heterocycles. The van der Waals surface area contributed by atoms with Gasteiger partial charge < -0.3 is 10.1 Å². The van der Waals surface area contributed by atoms with E-state index in [1.165, 1.54) is 0 Å². The van der Waals surface area contributed by atoms with E-state index in [4.69, 9.17) is 4.74 Å². The maximum atomic E-state index is 5.66. The van der Waals surface area contributed by atoms with Crippen LogP contribution in [0, 0.1) is 5.92 Å². The molecule has 106 valence electrons. The highest BCUT2D eigenvalue weighted by molar-refractivity contribution is 5.31. The van der Waals surface area contributed by atoms with Gasteiger partial charge in [0.05, 0.1) is 19.3 Å². The van der Waals surface area contributed by atoms with Gasteiger partial charge in [-0.2, -0.15) is 0 Å². The molecule has 0 saturated carbocycles. The Morgan fingerprint density at radius 3 is 2.80 bits per heavy atom. The fraction of sp³-hybridized carbons (Fsp3) is 0.467. The number of hydrogen-bond acceptors (Lipinski definition) is 4. The number of nitrogens with zero attached hydrogens (tertiary/aromatic N) is 3. The van der Waals surface area contributed by atoms with Crippen molar-refractivity contribution in [3.63, 3.8) is 0 Å². The van der Waals surface area contributed by atoms with Crippen LogP contribution >= 0.6 is 0 Å². The fourth-order valence-electron chi connectivity index (χ4n) is 2.54. The van der Waals surface area contributed by atoms with Gasteiger partial charge in [0.2, 0.25) is 0 Å². The molecule has 1 saturated heterocycles. The van der Waals surface area contributed by atoms with Gasteiger partial charge in [-0.3, -0.25) is 4.57 Å². The number of ether oxygens (including phenoxy) is 1. The van der Waals surface area contributed by atoms with Crippen LogP contribution in [-0.2, 0) is 11.3 Å². The first-order chi connectivity index (χ1) is 9.75. The number of nitrogens with one attached hydrogen (secondary N) is 1. The molecule has 0 amide bonds. The summed E-state index contributed by atoms with van der Waals surface area (Å²) in [5, 5.41) is 11.8. The first-order valence-electron chi connectivity index (χ1n) is 7.05. The molecule has 1 aliphatic rings. The van der Waals surface area contributed by atoms with Crippen molar-refractivity contribution in [3.8, 4) is 5.69 Å². The van der Waals surface area contributed by atoms with Crippen LogP contribution in [0.3, 0.4) is 0 Å². The quantitative estimate of drug-likeness (QED) is 0.922. The number of aromatic nitrogens is 3. The van der Waals surface area contributed by atoms with Crippen molar-refractivity contribution < 1.29 is 4.74 Å². The summed E-state index contributed by atoms with van der Waals surface area (Å²) in [5.41, 5.74) is 1.08. The molecule has 0 spiro atoms. The summed E-state index contributed by atoms with van der Waals surface area (Å²) < 4.78 is 7.67. The Kier molecular flexibility index (Phi) is 3.80. The molecule has 1 N–H and O–H groups in total. The van der Waals surface area contributed by atoms with Crippen molar-refractivity contribution in [1.29, 1.82) is 0 Å². The molecule has 20 heavy (non-hydrogen) atoms. The Morgan fingerprint density at radius 2 is 2.10 bits per heavy atom. The van der Waals surface area contributed by atoms with E-state index in [9.17, 15) is 0 Å². The molecule has 1 fully saturated rings. The normalized spacial score (nSPS) is 26.0. The molecular formula is C15H20N4O. The zero-order chi connectivity index (χ0) is 13.9. The zero-order valence-electron chi connectivity index (χ0n) is 11.9. The Hall–Kier alpha value is -1.72. The lowest BCUT2D eigenvalue weighted by Crippen LogP contribution is -2.35. The summed E-state index contributed by atoms with van der Waals surface area (Å²) in [5.74, 6) is 1.44. The van der Waals surface area contributed by atoms with Gasteiger partial charge in [-0.15, -0.1) is 10.2 Å². The highest BCUT2D eigenvalue weighted by Gasteiger charge is 2.30. The Balaban J connectivity index is 1.69. The van der Waals surface area contributed by atoms with E-state index in [-0.39, 0.29) is 0 Å². The van der Waals surface area contributed by atoms with Crippen LogP contribution in [-0.4, -0.2) is 33.5 Å². The minimum absolute atomic E-state index is 0.319. The van der Waals surface area contributed by atoms with E-state index in [1.54, 1.807) is 6.33 Å². The third kappa shape index (κ3) is 2.59. The maximum Gasteiger partial charge on any atom is 0.151 e. The smallest absolute Gasteiger partial charge is 0.151 e. The standard InChI is InChI=1S/C15H20N4O/c1-11-12(2)20-9-14(11)16-8-15-18-17-10-19(15)13-6-4-3-5-7-13/h3-7,10-12,14,16H,8-9H2,1-2H3. The lowest BCUT2D eigenvalue weighted by molar-refractivity contribution is 0.108. The van der Waals surface area contributed by atoms with Crippen molar-refractivity contribution >= 4 is 0 Å². The van der Waals surface area contributed by atoms with Gasteiger partial charge in [0, 0.05) is 11.7 Å². The van der Waals surface area contributed by atoms with Gasteiger partial charge in [0.25, 0.3) is 0 Å². The predicted octanol–water partition coefficient (Wildman–Crippen LogP) is 1.78. The molecule has 0 bridgehead atoms. The zero-order valence-corrected chi connectivity index (χ0v) is 11.9. The highest BCUT2D eigenvalue weighted by atomic mass is 16.5. The van der Waals surface area contributed by atoms with E-state index in [1.807, 2.05) is 22.8 Å². The minimum atomic E-state index is 0.319. The Morgan fingerprint density at radius 1 is 1.30 bits per heavy atom. The highest BCUT2D eigenvalue weighted by Crippen LogP contribution is 2.20. The van der Waals surface area contributed by atoms with Crippen molar-refractivity contribution in [2.75, 3.05) is 6.61 Å². The molecule has 5 heteroatoms. The lowest BCUT2D eigenvalue weighted by Gasteiger charge is -2.17. The van der Waals surface area contributed by atoms with E-state index in [0.29, 0.717) is 24.6 Å². The maximum absolute atomic E-state index is 5.66. The summed E-state index contributed by atoms with van der Waals surface area (Å²) in [7, 11) is 0. The summed E-state index contributed by atoms with van der Waals surface area (Å²) in [6.07, 6.45) is 2.07. The van der Waals surface area contributed by atoms with Crippen molar-refractivity contribution in [2.24, 2.45) is 5.92 Å². The SMILES string of the molecule is CC1OCC(NCc2nncn2-c2ccccc2)C1C. The van der Waals surface area contributed by atoms with Crippen LogP contribution in [0.25, 0.3) is 5.69 Å². The molecule has 2 heterocycles. The average Bonchev–Trinajstić information content (AvgIpc) is 3.07. The molecule has 1 aromatic carbocycles.